The highest BCUT2D eigenvalue weighted by Gasteiger charge is 2.38. The number of nitrogens with zero attached hydrogens (tertiary/aromatic N) is 1. The minimum atomic E-state index is -0.395. The molecule has 0 fully saturated rings. The zero-order chi connectivity index (χ0) is 19.7. The van der Waals surface area contributed by atoms with Crippen molar-refractivity contribution in [1.82, 2.24) is 9.55 Å². The van der Waals surface area contributed by atoms with E-state index < -0.39 is 5.41 Å². The van der Waals surface area contributed by atoms with Crippen LogP contribution in [0.2, 0.25) is 0 Å². The maximum absolute atomic E-state index is 12.5. The van der Waals surface area contributed by atoms with Gasteiger partial charge in [-0.3, -0.25) is 4.79 Å². The number of carbonyl (C=O) groups excluding carboxylic acids is 1. The molecule has 0 aliphatic rings. The predicted molar refractivity (Wildman–Crippen MR) is 112 cm³/mol. The van der Waals surface area contributed by atoms with E-state index in [0.29, 0.717) is 17.3 Å². The third-order valence-electron chi connectivity index (χ3n) is 5.03. The van der Waals surface area contributed by atoms with Crippen molar-refractivity contribution in [2.45, 2.75) is 73.3 Å². The third kappa shape index (κ3) is 6.95. The first-order valence-electron chi connectivity index (χ1n) is 9.64. The van der Waals surface area contributed by atoms with Crippen molar-refractivity contribution in [2.24, 2.45) is 17.3 Å². The molecule has 1 heterocycles. The van der Waals surface area contributed by atoms with Crippen LogP contribution in [0.3, 0.4) is 0 Å². The second-order valence-corrected chi connectivity index (χ2v) is 8.80. The molecule has 26 heavy (non-hydrogen) atoms. The quantitative estimate of drug-likeness (QED) is 0.278. The minimum Gasteiger partial charge on any atom is -0.465 e. The van der Waals surface area contributed by atoms with Crippen LogP contribution in [0.1, 0.15) is 66.7 Å². The van der Waals surface area contributed by atoms with Crippen LogP contribution in [0.5, 0.6) is 0 Å². The zero-order valence-electron chi connectivity index (χ0n) is 16.8. The number of aromatic amines is 1. The number of H-pyrrole nitrogens is 1. The Hall–Kier alpha value is -1.01. The van der Waals surface area contributed by atoms with Crippen LogP contribution in [0.15, 0.2) is 12.3 Å². The summed E-state index contributed by atoms with van der Waals surface area (Å²) in [6.45, 7) is 11.9. The van der Waals surface area contributed by atoms with E-state index in [1.54, 1.807) is 6.20 Å². The molecule has 1 unspecified atom stereocenters. The number of rotatable bonds is 11. The van der Waals surface area contributed by atoms with Crippen LogP contribution < -0.4 is 0 Å². The lowest BCUT2D eigenvalue weighted by Crippen LogP contribution is -2.36. The molecule has 4 nitrogen and oxygen atoms in total. The van der Waals surface area contributed by atoms with Gasteiger partial charge in [0.2, 0.25) is 0 Å². The smallest absolute Gasteiger partial charge is 0.312 e. The maximum atomic E-state index is 12.5. The Morgan fingerprint density at radius 2 is 1.85 bits per heavy atom. The number of ether oxygens (including phenoxy) is 1. The zero-order valence-corrected chi connectivity index (χ0v) is 18.5. The summed E-state index contributed by atoms with van der Waals surface area (Å²) in [6.07, 6.45) is 6.65. The van der Waals surface area contributed by atoms with Crippen LogP contribution in [0.25, 0.3) is 0 Å². The van der Waals surface area contributed by atoms with Gasteiger partial charge in [-0.2, -0.15) is 0 Å². The SMILES string of the molecule is CC(C)CC(C)(C(=O)OCCCCCCn1c(=S)cc[nH]c1=S)C(C)C. The fourth-order valence-corrected chi connectivity index (χ4v) is 3.69. The standard InChI is InChI=1S/C20H34N2O2S2/c1-15(2)14-20(5,16(3)4)18(23)24-13-9-7-6-8-12-22-17(25)10-11-21-19(22)26/h10-11,15-16H,6-9,12-14H2,1-5H3,(H,21,26). The molecule has 0 aromatic carbocycles. The summed E-state index contributed by atoms with van der Waals surface area (Å²) in [5.41, 5.74) is -0.395. The molecular weight excluding hydrogens is 364 g/mol. The second kappa shape index (κ2) is 11.0. The van der Waals surface area contributed by atoms with E-state index in [1.807, 2.05) is 17.6 Å². The molecule has 1 atom stereocenters. The molecule has 1 rings (SSSR count). The van der Waals surface area contributed by atoms with Crippen molar-refractivity contribution < 1.29 is 9.53 Å². The Kier molecular flexibility index (Phi) is 9.72. The van der Waals surface area contributed by atoms with Crippen molar-refractivity contribution in [1.29, 1.82) is 0 Å². The molecule has 0 radical (unpaired) electrons. The highest BCUT2D eigenvalue weighted by molar-refractivity contribution is 7.72. The van der Waals surface area contributed by atoms with E-state index >= 15 is 0 Å². The van der Waals surface area contributed by atoms with Gasteiger partial charge in [-0.05, 0) is 62.7 Å². The summed E-state index contributed by atoms with van der Waals surface area (Å²) in [6, 6.07) is 1.85. The number of hydrogen-bond donors (Lipinski definition) is 1. The molecular formula is C20H34N2O2S2. The van der Waals surface area contributed by atoms with E-state index in [1.165, 1.54) is 0 Å². The highest BCUT2D eigenvalue weighted by atomic mass is 32.1. The lowest BCUT2D eigenvalue weighted by molar-refractivity contribution is -0.159. The van der Waals surface area contributed by atoms with Gasteiger partial charge in [0.05, 0.1) is 12.0 Å². The van der Waals surface area contributed by atoms with E-state index in [4.69, 9.17) is 29.2 Å². The molecule has 0 amide bonds. The topological polar surface area (TPSA) is 47.0 Å². The summed E-state index contributed by atoms with van der Waals surface area (Å²) in [5, 5.41) is 0. The summed E-state index contributed by atoms with van der Waals surface area (Å²) < 4.78 is 8.97. The molecule has 0 aliphatic heterocycles. The van der Waals surface area contributed by atoms with Crippen LogP contribution in [0.4, 0.5) is 0 Å². The lowest BCUT2D eigenvalue weighted by Gasteiger charge is -2.32. The molecule has 0 saturated heterocycles. The number of aromatic nitrogens is 2. The van der Waals surface area contributed by atoms with Gasteiger partial charge in [0.15, 0.2) is 4.77 Å². The predicted octanol–water partition coefficient (Wildman–Crippen LogP) is 6.09. The number of esters is 1. The minimum absolute atomic E-state index is 0.0527. The second-order valence-electron chi connectivity index (χ2n) is 7.99. The number of carbonyl (C=O) groups is 1. The van der Waals surface area contributed by atoms with Gasteiger partial charge in [-0.1, -0.05) is 46.3 Å². The average Bonchev–Trinajstić information content (AvgIpc) is 2.55. The first-order valence-corrected chi connectivity index (χ1v) is 10.5. The van der Waals surface area contributed by atoms with Gasteiger partial charge in [-0.15, -0.1) is 0 Å². The van der Waals surface area contributed by atoms with Crippen LogP contribution in [0, 0.1) is 26.7 Å². The monoisotopic (exact) mass is 398 g/mol. The van der Waals surface area contributed by atoms with E-state index in [-0.39, 0.29) is 11.9 Å². The van der Waals surface area contributed by atoms with E-state index in [9.17, 15) is 4.79 Å². The average molecular weight is 399 g/mol. The van der Waals surface area contributed by atoms with Gasteiger partial charge < -0.3 is 14.3 Å². The van der Waals surface area contributed by atoms with Crippen molar-refractivity contribution in [3.05, 3.63) is 21.7 Å². The van der Waals surface area contributed by atoms with Gasteiger partial charge >= 0.3 is 5.97 Å². The number of hydrogen-bond acceptors (Lipinski definition) is 4. The molecule has 0 spiro atoms. The lowest BCUT2D eigenvalue weighted by atomic mass is 9.73. The number of nitrogens with one attached hydrogen (secondary N) is 1. The summed E-state index contributed by atoms with van der Waals surface area (Å²) in [5.74, 6) is 0.701. The maximum Gasteiger partial charge on any atom is 0.312 e. The van der Waals surface area contributed by atoms with Crippen LogP contribution >= 0.6 is 24.4 Å². The van der Waals surface area contributed by atoms with Crippen LogP contribution in [-0.4, -0.2) is 22.1 Å². The third-order valence-corrected chi connectivity index (χ3v) is 5.72. The Balaban J connectivity index is 2.31. The Bertz CT molecular complexity index is 651. The first-order chi connectivity index (χ1) is 12.2. The Morgan fingerprint density at radius 1 is 1.19 bits per heavy atom. The molecule has 148 valence electrons. The van der Waals surface area contributed by atoms with Gasteiger partial charge in [0, 0.05) is 12.7 Å². The molecule has 6 heteroatoms. The van der Waals surface area contributed by atoms with Crippen molar-refractivity contribution in [3.63, 3.8) is 0 Å². The van der Waals surface area contributed by atoms with Crippen LogP contribution in [-0.2, 0) is 16.1 Å². The fourth-order valence-electron chi connectivity index (χ4n) is 3.12. The van der Waals surface area contributed by atoms with Gasteiger partial charge in [0.1, 0.15) is 4.64 Å². The molecule has 0 saturated carbocycles. The summed E-state index contributed by atoms with van der Waals surface area (Å²) in [7, 11) is 0. The van der Waals surface area contributed by atoms with Gasteiger partial charge in [-0.25, -0.2) is 0 Å². The molecule has 1 aromatic heterocycles. The molecule has 0 bridgehead atoms. The van der Waals surface area contributed by atoms with Crippen molar-refractivity contribution >= 4 is 30.4 Å². The molecule has 0 aliphatic carbocycles. The fraction of sp³-hybridized carbons (Fsp3) is 0.750. The highest BCUT2D eigenvalue weighted by Crippen LogP contribution is 2.35. The first kappa shape index (κ1) is 23.0. The normalized spacial score (nSPS) is 13.8. The molecule has 1 aromatic rings. The molecule has 1 N–H and O–H groups in total. The van der Waals surface area contributed by atoms with E-state index in [2.05, 4.69) is 32.7 Å². The van der Waals surface area contributed by atoms with Crippen molar-refractivity contribution in [2.75, 3.05) is 6.61 Å². The largest absolute Gasteiger partial charge is 0.465 e. The summed E-state index contributed by atoms with van der Waals surface area (Å²) in [4.78, 5) is 15.5. The van der Waals surface area contributed by atoms with Crippen molar-refractivity contribution in [3.8, 4) is 0 Å². The Labute approximate surface area is 168 Å². The number of unbranched alkanes of at least 4 members (excludes halogenated alkanes) is 3. The Morgan fingerprint density at radius 3 is 2.42 bits per heavy atom. The van der Waals surface area contributed by atoms with E-state index in [0.717, 1.165) is 43.3 Å². The summed E-state index contributed by atoms with van der Waals surface area (Å²) >= 11 is 10.5. The van der Waals surface area contributed by atoms with Gasteiger partial charge in [0.25, 0.3) is 0 Å².